The van der Waals surface area contributed by atoms with Crippen LogP contribution in [0, 0.1) is 0 Å². The summed E-state index contributed by atoms with van der Waals surface area (Å²) in [6, 6.07) is 0. The summed E-state index contributed by atoms with van der Waals surface area (Å²) < 4.78 is 0.0143. The van der Waals surface area contributed by atoms with Gasteiger partial charge in [-0.25, -0.2) is 0 Å². The maximum atomic E-state index is 8.42. The molecule has 1 atom stereocenters. The molecule has 0 aromatic heterocycles. The molecule has 0 saturated heterocycles. The van der Waals surface area contributed by atoms with Crippen LogP contribution in [0.1, 0.15) is 13.3 Å². The van der Waals surface area contributed by atoms with Crippen LogP contribution in [0.25, 0.3) is 0 Å². The fourth-order valence-electron chi connectivity index (χ4n) is 0. The van der Waals surface area contributed by atoms with Crippen LogP contribution in [-0.2, 0) is 0 Å². The standard InChI is InChI=1S/C3H7O.Na.Sn.2H/c1-2-3-4;;;;/h3-4H,2H2,1H3;;;;. The summed E-state index contributed by atoms with van der Waals surface area (Å²) in [6.45, 7) is 1.98. The predicted octanol–water partition coefficient (Wildman–Crippen LogP) is -1.03. The van der Waals surface area contributed by atoms with Gasteiger partial charge in [0.2, 0.25) is 0 Å². The van der Waals surface area contributed by atoms with Crippen LogP contribution in [0.4, 0.5) is 0 Å². The Balaban J connectivity index is 0. The number of hydrogen-bond acceptors (Lipinski definition) is 1. The zero-order valence-corrected chi connectivity index (χ0v) is 6.60. The second-order valence-electron chi connectivity index (χ2n) is 0.976. The molecular weight excluding hydrogens is 194 g/mol. The predicted molar refractivity (Wildman–Crippen MR) is 30.6 cm³/mol. The van der Waals surface area contributed by atoms with E-state index in [2.05, 4.69) is 0 Å². The Bertz CT molecular complexity index is 24.8. The van der Waals surface area contributed by atoms with Crippen LogP contribution >= 0.6 is 0 Å². The van der Waals surface area contributed by atoms with Gasteiger partial charge in [0.15, 0.2) is 0 Å². The van der Waals surface area contributed by atoms with Gasteiger partial charge in [-0.05, 0) is 0 Å². The summed E-state index contributed by atoms with van der Waals surface area (Å²) in [5, 5.41) is 8.42. The second-order valence-corrected chi connectivity index (χ2v) is 3.17. The Morgan fingerprint density at radius 1 is 1.83 bits per heavy atom. The van der Waals surface area contributed by atoms with Gasteiger partial charge in [0.1, 0.15) is 0 Å². The van der Waals surface area contributed by atoms with Gasteiger partial charge in [-0.1, -0.05) is 0 Å². The van der Waals surface area contributed by atoms with Crippen LogP contribution in [0.2, 0.25) is 0 Å². The molecule has 3 heteroatoms. The van der Waals surface area contributed by atoms with Gasteiger partial charge in [-0.3, -0.25) is 0 Å². The summed E-state index contributed by atoms with van der Waals surface area (Å²) >= 11 is 0.980. The van der Waals surface area contributed by atoms with E-state index in [0.717, 1.165) is 28.9 Å². The number of aliphatic hydroxyl groups excluding tert-OH is 1. The van der Waals surface area contributed by atoms with Gasteiger partial charge in [0, 0.05) is 0 Å². The summed E-state index contributed by atoms with van der Waals surface area (Å²) in [4.78, 5) is 0. The van der Waals surface area contributed by atoms with Crippen molar-refractivity contribution in [2.75, 3.05) is 0 Å². The first kappa shape index (κ1) is 10.7. The summed E-state index contributed by atoms with van der Waals surface area (Å²) in [5.41, 5.74) is 0. The fourth-order valence-corrected chi connectivity index (χ4v) is 0. The van der Waals surface area contributed by atoms with Crippen molar-refractivity contribution in [1.29, 1.82) is 0 Å². The van der Waals surface area contributed by atoms with Crippen LogP contribution in [-0.4, -0.2) is 61.3 Å². The molecule has 1 unspecified atom stereocenters. The number of rotatable bonds is 1. The van der Waals surface area contributed by atoms with Crippen LogP contribution in [0.3, 0.4) is 0 Å². The maximum absolute atomic E-state index is 8.42. The molecule has 32 valence electrons. The Hall–Kier alpha value is 1.76. The Morgan fingerprint density at radius 2 is 2.00 bits per heavy atom. The van der Waals surface area contributed by atoms with E-state index in [1.165, 1.54) is 0 Å². The van der Waals surface area contributed by atoms with E-state index in [4.69, 9.17) is 5.11 Å². The normalized spacial score (nSPS) is 12.5. The SMILES string of the molecule is CC[CH](O)[SnH].[NaH]. The molecule has 6 heavy (non-hydrogen) atoms. The van der Waals surface area contributed by atoms with Crippen LogP contribution < -0.4 is 0 Å². The topological polar surface area (TPSA) is 20.2 Å². The summed E-state index contributed by atoms with van der Waals surface area (Å²) in [6.07, 6.45) is 0.919. The third-order valence-electron chi connectivity index (χ3n) is 0.418. The van der Waals surface area contributed by atoms with E-state index >= 15 is 0 Å². The van der Waals surface area contributed by atoms with Crippen molar-refractivity contribution in [2.45, 2.75) is 17.5 Å². The van der Waals surface area contributed by atoms with Crippen molar-refractivity contribution in [3.8, 4) is 0 Å². The zero-order chi connectivity index (χ0) is 4.28. The monoisotopic (exact) mass is 204 g/mol. The molecular formula is C3H9NaOSn. The van der Waals surface area contributed by atoms with Crippen molar-refractivity contribution in [1.82, 2.24) is 0 Å². The third kappa shape index (κ3) is 9.23. The van der Waals surface area contributed by atoms with E-state index in [0.29, 0.717) is 0 Å². The van der Waals surface area contributed by atoms with E-state index < -0.39 is 0 Å². The quantitative estimate of drug-likeness (QED) is 0.540. The number of aliphatic hydroxyl groups is 1. The van der Waals surface area contributed by atoms with E-state index in [-0.39, 0.29) is 33.7 Å². The number of hydrogen-bond donors (Lipinski definition) is 1. The van der Waals surface area contributed by atoms with Crippen LogP contribution in [0.15, 0.2) is 0 Å². The van der Waals surface area contributed by atoms with Crippen molar-refractivity contribution in [2.24, 2.45) is 0 Å². The molecule has 0 heterocycles. The van der Waals surface area contributed by atoms with E-state index in [9.17, 15) is 0 Å². The molecule has 0 aromatic rings. The molecule has 1 nitrogen and oxygen atoms in total. The average molecular weight is 203 g/mol. The second kappa shape index (κ2) is 6.76. The first-order chi connectivity index (χ1) is 2.27. The Kier molecular flexibility index (Phi) is 12.0. The van der Waals surface area contributed by atoms with Gasteiger partial charge >= 0.3 is 74.7 Å². The average Bonchev–Trinajstić information content (AvgIpc) is 1.38. The van der Waals surface area contributed by atoms with Gasteiger partial charge in [-0.2, -0.15) is 0 Å². The minimum absolute atomic E-state index is 0. The zero-order valence-electron chi connectivity index (χ0n) is 3.31. The summed E-state index contributed by atoms with van der Waals surface area (Å²) in [7, 11) is 0. The molecule has 0 aliphatic carbocycles. The van der Waals surface area contributed by atoms with Crippen molar-refractivity contribution < 1.29 is 5.11 Å². The van der Waals surface area contributed by atoms with Crippen molar-refractivity contribution >= 4 is 52.1 Å². The molecule has 0 rings (SSSR count). The minimum atomic E-state index is 0. The molecule has 1 N–H and O–H groups in total. The van der Waals surface area contributed by atoms with Crippen molar-refractivity contribution in [3.05, 3.63) is 0 Å². The molecule has 0 saturated carbocycles. The van der Waals surface area contributed by atoms with Gasteiger partial charge in [0.25, 0.3) is 0 Å². The van der Waals surface area contributed by atoms with E-state index in [1.807, 2.05) is 6.92 Å². The molecule has 0 spiro atoms. The molecule has 0 amide bonds. The van der Waals surface area contributed by atoms with E-state index in [1.54, 1.807) is 0 Å². The molecule has 0 bridgehead atoms. The van der Waals surface area contributed by atoms with Crippen LogP contribution in [0.5, 0.6) is 0 Å². The Labute approximate surface area is 73.9 Å². The third-order valence-corrected chi connectivity index (χ3v) is 1.76. The first-order valence-corrected chi connectivity index (χ1v) is 3.61. The molecule has 0 fully saturated rings. The molecule has 2 radical (unpaired) electrons. The molecule has 0 aliphatic heterocycles. The molecule has 0 aliphatic rings. The Morgan fingerprint density at radius 3 is 2.00 bits per heavy atom. The van der Waals surface area contributed by atoms with Crippen molar-refractivity contribution in [3.63, 3.8) is 0 Å². The fraction of sp³-hybridized carbons (Fsp3) is 1.00. The molecule has 0 aromatic carbocycles. The first-order valence-electron chi connectivity index (χ1n) is 1.71. The van der Waals surface area contributed by atoms with Gasteiger partial charge < -0.3 is 0 Å². The summed E-state index contributed by atoms with van der Waals surface area (Å²) in [5.74, 6) is 0. The van der Waals surface area contributed by atoms with Gasteiger partial charge in [-0.15, -0.1) is 0 Å². The van der Waals surface area contributed by atoms with Gasteiger partial charge in [0.05, 0.1) is 0 Å².